The van der Waals surface area contributed by atoms with Gasteiger partial charge in [0.05, 0.1) is 13.4 Å². The Morgan fingerprint density at radius 1 is 1.29 bits per heavy atom. The van der Waals surface area contributed by atoms with Gasteiger partial charge in [0.15, 0.2) is 5.78 Å². The quantitative estimate of drug-likeness (QED) is 0.773. The van der Waals surface area contributed by atoms with Crippen LogP contribution < -0.4 is 4.74 Å². The molecule has 3 rings (SSSR count). The predicted octanol–water partition coefficient (Wildman–Crippen LogP) is 4.24. The number of carbonyl (C=O) groups is 1. The summed E-state index contributed by atoms with van der Waals surface area (Å²) in [5.41, 5.74) is 2.47. The van der Waals surface area contributed by atoms with Crippen molar-refractivity contribution in [2.45, 2.75) is 25.7 Å². The van der Waals surface area contributed by atoms with E-state index < -0.39 is 0 Å². The Labute approximate surface area is 124 Å². The number of ketones is 1. The molecule has 21 heavy (non-hydrogen) atoms. The zero-order valence-electron chi connectivity index (χ0n) is 12.5. The first-order valence-corrected chi connectivity index (χ1v) is 6.98. The first kappa shape index (κ1) is 13.7. The minimum Gasteiger partial charge on any atom is -0.497 e. The molecule has 0 saturated heterocycles. The Morgan fingerprint density at radius 3 is 2.76 bits per heavy atom. The van der Waals surface area contributed by atoms with E-state index >= 15 is 0 Å². The van der Waals surface area contributed by atoms with Crippen LogP contribution in [-0.4, -0.2) is 12.9 Å². The maximum atomic E-state index is 12.7. The highest BCUT2D eigenvalue weighted by Gasteiger charge is 2.35. The third-order valence-electron chi connectivity index (χ3n) is 3.98. The van der Waals surface area contributed by atoms with Crippen molar-refractivity contribution < 1.29 is 13.9 Å². The van der Waals surface area contributed by atoms with Gasteiger partial charge in [-0.15, -0.1) is 0 Å². The van der Waals surface area contributed by atoms with E-state index in [1.165, 1.54) is 0 Å². The normalized spacial score (nSPS) is 18.6. The van der Waals surface area contributed by atoms with Crippen molar-refractivity contribution in [2.24, 2.45) is 0 Å². The largest absolute Gasteiger partial charge is 0.497 e. The van der Waals surface area contributed by atoms with Crippen LogP contribution in [0.5, 0.6) is 5.75 Å². The molecule has 1 aromatic carbocycles. The van der Waals surface area contributed by atoms with Gasteiger partial charge in [0.25, 0.3) is 0 Å². The number of methoxy groups -OCH3 is 1. The Morgan fingerprint density at radius 2 is 2.10 bits per heavy atom. The third-order valence-corrected chi connectivity index (χ3v) is 3.98. The number of allylic oxidation sites excluding steroid dienone is 1. The van der Waals surface area contributed by atoms with Gasteiger partial charge in [0, 0.05) is 11.1 Å². The standard InChI is InChI=1S/C18H18O3/c1-18(2)11-12(9-14-5-4-8-21-14)17(19)15-7-6-13(20-3)10-16(15)18/h4-10H,11H2,1-3H3/b12-9+. The molecule has 1 heterocycles. The number of ether oxygens (including phenoxy) is 1. The lowest BCUT2D eigenvalue weighted by molar-refractivity contribution is 0.101. The van der Waals surface area contributed by atoms with E-state index in [1.54, 1.807) is 13.4 Å². The molecule has 0 saturated carbocycles. The number of hydrogen-bond acceptors (Lipinski definition) is 3. The van der Waals surface area contributed by atoms with Crippen LogP contribution in [0.1, 0.15) is 41.9 Å². The summed E-state index contributed by atoms with van der Waals surface area (Å²) in [6.45, 7) is 4.29. The second kappa shape index (κ2) is 4.92. The molecule has 0 amide bonds. The average Bonchev–Trinajstić information content (AvgIpc) is 2.97. The van der Waals surface area contributed by atoms with Crippen LogP contribution in [0.25, 0.3) is 6.08 Å². The van der Waals surface area contributed by atoms with Gasteiger partial charge < -0.3 is 9.15 Å². The summed E-state index contributed by atoms with van der Waals surface area (Å²) >= 11 is 0. The minimum atomic E-state index is -0.115. The van der Waals surface area contributed by atoms with Crippen molar-refractivity contribution in [3.8, 4) is 5.75 Å². The third kappa shape index (κ3) is 2.40. The molecule has 0 bridgehead atoms. The van der Waals surface area contributed by atoms with Crippen molar-refractivity contribution in [1.82, 2.24) is 0 Å². The molecule has 0 atom stereocenters. The fraction of sp³-hybridized carbons (Fsp3) is 0.278. The highest BCUT2D eigenvalue weighted by Crippen LogP contribution is 2.41. The lowest BCUT2D eigenvalue weighted by Crippen LogP contribution is -2.29. The summed E-state index contributed by atoms with van der Waals surface area (Å²) in [5, 5.41) is 0. The van der Waals surface area contributed by atoms with Crippen LogP contribution in [0.3, 0.4) is 0 Å². The summed E-state index contributed by atoms with van der Waals surface area (Å²) in [4.78, 5) is 12.7. The minimum absolute atomic E-state index is 0.0726. The molecule has 1 aliphatic carbocycles. The van der Waals surface area contributed by atoms with E-state index in [0.717, 1.165) is 22.4 Å². The van der Waals surface area contributed by atoms with Gasteiger partial charge in [0.1, 0.15) is 11.5 Å². The number of fused-ring (bicyclic) bond motifs is 1. The lowest BCUT2D eigenvalue weighted by atomic mass is 9.70. The highest BCUT2D eigenvalue weighted by atomic mass is 16.5. The maximum absolute atomic E-state index is 12.7. The lowest BCUT2D eigenvalue weighted by Gasteiger charge is -2.33. The van der Waals surface area contributed by atoms with E-state index in [0.29, 0.717) is 12.2 Å². The monoisotopic (exact) mass is 282 g/mol. The molecule has 0 spiro atoms. The van der Waals surface area contributed by atoms with Gasteiger partial charge in [-0.25, -0.2) is 0 Å². The van der Waals surface area contributed by atoms with E-state index in [2.05, 4.69) is 13.8 Å². The second-order valence-corrected chi connectivity index (χ2v) is 5.99. The van der Waals surface area contributed by atoms with E-state index in [-0.39, 0.29) is 11.2 Å². The fourth-order valence-electron chi connectivity index (χ4n) is 2.89. The van der Waals surface area contributed by atoms with Crippen molar-refractivity contribution >= 4 is 11.9 Å². The van der Waals surface area contributed by atoms with Gasteiger partial charge in [-0.2, -0.15) is 0 Å². The van der Waals surface area contributed by atoms with E-state index in [4.69, 9.17) is 9.15 Å². The van der Waals surface area contributed by atoms with Crippen molar-refractivity contribution in [3.05, 3.63) is 59.1 Å². The average molecular weight is 282 g/mol. The van der Waals surface area contributed by atoms with Gasteiger partial charge in [-0.05, 0) is 53.8 Å². The first-order valence-electron chi connectivity index (χ1n) is 6.98. The summed E-state index contributed by atoms with van der Waals surface area (Å²) in [7, 11) is 1.64. The first-order chi connectivity index (χ1) is 10.0. The van der Waals surface area contributed by atoms with Crippen molar-refractivity contribution in [3.63, 3.8) is 0 Å². The Kier molecular flexibility index (Phi) is 3.20. The van der Waals surface area contributed by atoms with Crippen LogP contribution in [0.15, 0.2) is 46.6 Å². The molecular formula is C18H18O3. The topological polar surface area (TPSA) is 39.4 Å². The van der Waals surface area contributed by atoms with Crippen molar-refractivity contribution in [2.75, 3.05) is 7.11 Å². The summed E-state index contributed by atoms with van der Waals surface area (Å²) in [6, 6.07) is 9.34. The molecule has 0 radical (unpaired) electrons. The van der Waals surface area contributed by atoms with Gasteiger partial charge in [0.2, 0.25) is 0 Å². The van der Waals surface area contributed by atoms with Crippen molar-refractivity contribution in [1.29, 1.82) is 0 Å². The number of hydrogen-bond donors (Lipinski definition) is 0. The van der Waals surface area contributed by atoms with Crippen LogP contribution in [0.2, 0.25) is 0 Å². The molecule has 0 fully saturated rings. The zero-order chi connectivity index (χ0) is 15.0. The molecular weight excluding hydrogens is 264 g/mol. The van der Waals surface area contributed by atoms with Crippen LogP contribution in [-0.2, 0) is 5.41 Å². The maximum Gasteiger partial charge on any atom is 0.189 e. The highest BCUT2D eigenvalue weighted by molar-refractivity contribution is 6.13. The molecule has 108 valence electrons. The van der Waals surface area contributed by atoms with Crippen LogP contribution in [0.4, 0.5) is 0 Å². The number of Topliss-reactive ketones (excluding diaryl/α,β-unsaturated/α-hetero) is 1. The predicted molar refractivity (Wildman–Crippen MR) is 81.7 cm³/mol. The Hall–Kier alpha value is -2.29. The molecule has 0 aliphatic heterocycles. The SMILES string of the molecule is COc1ccc2c(c1)C(C)(C)C/C(=C\c1ccco1)C2=O. The second-order valence-electron chi connectivity index (χ2n) is 5.99. The molecule has 3 heteroatoms. The number of furan rings is 1. The van der Waals surface area contributed by atoms with Gasteiger partial charge in [-0.3, -0.25) is 4.79 Å². The Balaban J connectivity index is 2.10. The molecule has 0 N–H and O–H groups in total. The molecule has 0 unspecified atom stereocenters. The zero-order valence-corrected chi connectivity index (χ0v) is 12.5. The summed E-state index contributed by atoms with van der Waals surface area (Å²) in [5.74, 6) is 1.57. The number of carbonyl (C=O) groups excluding carboxylic acids is 1. The van der Waals surface area contributed by atoms with Crippen LogP contribution >= 0.6 is 0 Å². The van der Waals surface area contributed by atoms with E-state index in [1.807, 2.05) is 36.4 Å². The van der Waals surface area contributed by atoms with Crippen LogP contribution in [0, 0.1) is 0 Å². The molecule has 3 nitrogen and oxygen atoms in total. The number of benzene rings is 1. The Bertz CT molecular complexity index is 706. The van der Waals surface area contributed by atoms with E-state index in [9.17, 15) is 4.79 Å². The summed E-state index contributed by atoms with van der Waals surface area (Å²) < 4.78 is 10.6. The molecule has 2 aromatic rings. The van der Waals surface area contributed by atoms with Gasteiger partial charge in [-0.1, -0.05) is 13.8 Å². The number of rotatable bonds is 2. The molecule has 1 aliphatic rings. The van der Waals surface area contributed by atoms with Gasteiger partial charge >= 0.3 is 0 Å². The fourth-order valence-corrected chi connectivity index (χ4v) is 2.89. The summed E-state index contributed by atoms with van der Waals surface area (Å²) in [6.07, 6.45) is 4.15. The molecule has 1 aromatic heterocycles. The smallest absolute Gasteiger partial charge is 0.189 e.